The van der Waals surface area contributed by atoms with E-state index in [1.54, 1.807) is 0 Å². The molecule has 0 fully saturated rings. The average Bonchev–Trinajstić information content (AvgIpc) is 2.38. The lowest BCUT2D eigenvalue weighted by atomic mass is 10.1. The standard InChI is InChI=1S/C14H20N2O/c1-3-14(17)13-7-6-12(9-15-13)16-8-4-5-11(2)10-16/h5-7,9,14,17H,3-4,8,10H2,1-2H3/t14-/m1/s1. The number of aliphatic hydroxyl groups is 1. The van der Waals surface area contributed by atoms with Gasteiger partial charge in [-0.1, -0.05) is 18.6 Å². The first-order valence-corrected chi connectivity index (χ1v) is 6.25. The second kappa shape index (κ2) is 5.32. The van der Waals surface area contributed by atoms with E-state index in [1.807, 2.05) is 19.2 Å². The van der Waals surface area contributed by atoms with Crippen molar-refractivity contribution in [2.45, 2.75) is 32.8 Å². The van der Waals surface area contributed by atoms with Crippen molar-refractivity contribution < 1.29 is 5.11 Å². The summed E-state index contributed by atoms with van der Waals surface area (Å²) in [7, 11) is 0. The molecule has 1 aliphatic heterocycles. The second-order valence-corrected chi connectivity index (χ2v) is 4.63. The molecule has 92 valence electrons. The topological polar surface area (TPSA) is 36.4 Å². The number of rotatable bonds is 3. The van der Waals surface area contributed by atoms with Crippen LogP contribution < -0.4 is 4.90 Å². The molecule has 0 aromatic carbocycles. The Bertz CT molecular complexity index is 397. The number of anilines is 1. The summed E-state index contributed by atoms with van der Waals surface area (Å²) in [6.07, 6.45) is 5.53. The molecular weight excluding hydrogens is 212 g/mol. The van der Waals surface area contributed by atoms with Gasteiger partial charge in [0.2, 0.25) is 0 Å². The smallest absolute Gasteiger partial charge is 0.0957 e. The second-order valence-electron chi connectivity index (χ2n) is 4.63. The average molecular weight is 232 g/mol. The Balaban J connectivity index is 2.10. The minimum Gasteiger partial charge on any atom is -0.387 e. The summed E-state index contributed by atoms with van der Waals surface area (Å²) in [5.41, 5.74) is 3.32. The van der Waals surface area contributed by atoms with Gasteiger partial charge in [0.1, 0.15) is 0 Å². The number of hydrogen-bond acceptors (Lipinski definition) is 3. The van der Waals surface area contributed by atoms with E-state index >= 15 is 0 Å². The Morgan fingerprint density at radius 2 is 2.29 bits per heavy atom. The van der Waals surface area contributed by atoms with Gasteiger partial charge in [0.25, 0.3) is 0 Å². The third-order valence-electron chi connectivity index (χ3n) is 3.20. The SMILES string of the molecule is CC[C@@H](O)c1ccc(N2CCC=C(C)C2)cn1. The molecule has 1 aromatic rings. The van der Waals surface area contributed by atoms with E-state index in [4.69, 9.17) is 0 Å². The molecule has 0 spiro atoms. The first-order chi connectivity index (χ1) is 8.20. The molecule has 0 radical (unpaired) electrons. The molecule has 0 aliphatic carbocycles. The van der Waals surface area contributed by atoms with Gasteiger partial charge >= 0.3 is 0 Å². The van der Waals surface area contributed by atoms with Crippen LogP contribution in [0.3, 0.4) is 0 Å². The summed E-state index contributed by atoms with van der Waals surface area (Å²) in [6.45, 7) is 6.15. The lowest BCUT2D eigenvalue weighted by molar-refractivity contribution is 0.169. The van der Waals surface area contributed by atoms with Gasteiger partial charge in [-0.3, -0.25) is 4.98 Å². The van der Waals surface area contributed by atoms with Crippen LogP contribution in [0, 0.1) is 0 Å². The van der Waals surface area contributed by atoms with Gasteiger partial charge in [0.15, 0.2) is 0 Å². The number of nitrogens with zero attached hydrogens (tertiary/aromatic N) is 2. The maximum absolute atomic E-state index is 9.69. The molecule has 0 unspecified atom stereocenters. The lowest BCUT2D eigenvalue weighted by Crippen LogP contribution is -2.29. The first-order valence-electron chi connectivity index (χ1n) is 6.25. The van der Waals surface area contributed by atoms with Gasteiger partial charge in [0, 0.05) is 13.1 Å². The predicted molar refractivity (Wildman–Crippen MR) is 70.1 cm³/mol. The third kappa shape index (κ3) is 2.86. The van der Waals surface area contributed by atoms with Gasteiger partial charge in [-0.25, -0.2) is 0 Å². The molecule has 17 heavy (non-hydrogen) atoms. The maximum Gasteiger partial charge on any atom is 0.0957 e. The summed E-state index contributed by atoms with van der Waals surface area (Å²) >= 11 is 0. The molecule has 1 aromatic heterocycles. The summed E-state index contributed by atoms with van der Waals surface area (Å²) in [5.74, 6) is 0. The fourth-order valence-electron chi connectivity index (χ4n) is 2.12. The Morgan fingerprint density at radius 1 is 1.47 bits per heavy atom. The quantitative estimate of drug-likeness (QED) is 0.814. The van der Waals surface area contributed by atoms with E-state index in [-0.39, 0.29) is 0 Å². The van der Waals surface area contributed by atoms with Crippen molar-refractivity contribution in [3.05, 3.63) is 35.7 Å². The van der Waals surface area contributed by atoms with Crippen molar-refractivity contribution in [3.63, 3.8) is 0 Å². The Hall–Kier alpha value is -1.35. The molecule has 1 atom stereocenters. The van der Waals surface area contributed by atoms with Gasteiger partial charge in [0.05, 0.1) is 23.7 Å². The predicted octanol–water partition coefficient (Wildman–Crippen LogP) is 2.68. The molecule has 2 heterocycles. The molecule has 3 nitrogen and oxygen atoms in total. The van der Waals surface area contributed by atoms with Crippen molar-refractivity contribution in [2.75, 3.05) is 18.0 Å². The van der Waals surface area contributed by atoms with Gasteiger partial charge in [-0.15, -0.1) is 0 Å². The maximum atomic E-state index is 9.69. The van der Waals surface area contributed by atoms with Crippen LogP contribution in [-0.2, 0) is 0 Å². The number of hydrogen-bond donors (Lipinski definition) is 1. The molecule has 0 bridgehead atoms. The van der Waals surface area contributed by atoms with Crippen LogP contribution in [0.5, 0.6) is 0 Å². The van der Waals surface area contributed by atoms with Crippen molar-refractivity contribution in [2.24, 2.45) is 0 Å². The summed E-state index contributed by atoms with van der Waals surface area (Å²) in [5, 5.41) is 9.69. The highest BCUT2D eigenvalue weighted by Crippen LogP contribution is 2.21. The summed E-state index contributed by atoms with van der Waals surface area (Å²) in [4.78, 5) is 6.66. The third-order valence-corrected chi connectivity index (χ3v) is 3.20. The number of aromatic nitrogens is 1. The van der Waals surface area contributed by atoms with E-state index in [0.717, 1.165) is 30.9 Å². The normalized spacial score (nSPS) is 17.8. The van der Waals surface area contributed by atoms with E-state index < -0.39 is 6.10 Å². The van der Waals surface area contributed by atoms with Gasteiger partial charge in [-0.05, 0) is 31.9 Å². The fraction of sp³-hybridized carbons (Fsp3) is 0.500. The number of aliphatic hydroxyl groups excluding tert-OH is 1. The van der Waals surface area contributed by atoms with Crippen LogP contribution >= 0.6 is 0 Å². The molecule has 2 rings (SSSR count). The zero-order valence-corrected chi connectivity index (χ0v) is 10.6. The highest BCUT2D eigenvalue weighted by molar-refractivity contribution is 5.47. The molecule has 0 saturated heterocycles. The van der Waals surface area contributed by atoms with Crippen molar-refractivity contribution in [3.8, 4) is 0 Å². The first kappa shape index (κ1) is 12.1. The van der Waals surface area contributed by atoms with Crippen LogP contribution in [-0.4, -0.2) is 23.2 Å². The molecule has 1 aliphatic rings. The molecule has 3 heteroatoms. The minimum atomic E-state index is -0.438. The summed E-state index contributed by atoms with van der Waals surface area (Å²) < 4.78 is 0. The van der Waals surface area contributed by atoms with Crippen LogP contribution in [0.1, 0.15) is 38.5 Å². The van der Waals surface area contributed by atoms with Gasteiger partial charge < -0.3 is 10.0 Å². The Labute approximate surface area is 103 Å². The largest absolute Gasteiger partial charge is 0.387 e. The zero-order valence-electron chi connectivity index (χ0n) is 10.6. The minimum absolute atomic E-state index is 0.438. The Kier molecular flexibility index (Phi) is 3.79. The molecule has 0 amide bonds. The van der Waals surface area contributed by atoms with E-state index in [9.17, 15) is 5.11 Å². The summed E-state index contributed by atoms with van der Waals surface area (Å²) in [6, 6.07) is 3.98. The highest BCUT2D eigenvalue weighted by Gasteiger charge is 2.12. The number of pyridine rings is 1. The van der Waals surface area contributed by atoms with Crippen molar-refractivity contribution >= 4 is 5.69 Å². The van der Waals surface area contributed by atoms with Crippen LogP contribution in [0.4, 0.5) is 5.69 Å². The molecular formula is C14H20N2O. The van der Waals surface area contributed by atoms with Crippen LogP contribution in [0.2, 0.25) is 0 Å². The van der Waals surface area contributed by atoms with Gasteiger partial charge in [-0.2, -0.15) is 0 Å². The zero-order chi connectivity index (χ0) is 12.3. The van der Waals surface area contributed by atoms with Crippen LogP contribution in [0.25, 0.3) is 0 Å². The van der Waals surface area contributed by atoms with Crippen molar-refractivity contribution in [1.82, 2.24) is 4.98 Å². The van der Waals surface area contributed by atoms with E-state index in [2.05, 4.69) is 29.0 Å². The molecule has 0 saturated carbocycles. The van der Waals surface area contributed by atoms with Crippen LogP contribution in [0.15, 0.2) is 30.0 Å². The van der Waals surface area contributed by atoms with E-state index in [0.29, 0.717) is 6.42 Å². The van der Waals surface area contributed by atoms with E-state index in [1.165, 1.54) is 5.57 Å². The van der Waals surface area contributed by atoms with Crippen molar-refractivity contribution in [1.29, 1.82) is 0 Å². The monoisotopic (exact) mass is 232 g/mol. The molecule has 1 N–H and O–H groups in total. The lowest BCUT2D eigenvalue weighted by Gasteiger charge is -2.28. The fourth-order valence-corrected chi connectivity index (χ4v) is 2.12. The highest BCUT2D eigenvalue weighted by atomic mass is 16.3. The Morgan fingerprint density at radius 3 is 2.88 bits per heavy atom.